The summed E-state index contributed by atoms with van der Waals surface area (Å²) in [6.45, 7) is 4.10. The summed E-state index contributed by atoms with van der Waals surface area (Å²) in [5, 5.41) is 14.4. The van der Waals surface area contributed by atoms with Crippen molar-refractivity contribution in [2.45, 2.75) is 38.0 Å². The molecular formula is C24H25N9O2S. The lowest BCUT2D eigenvalue weighted by molar-refractivity contribution is 0.578. The fourth-order valence-electron chi connectivity index (χ4n) is 3.46. The molecule has 1 fully saturated rings. The molecule has 12 heteroatoms. The van der Waals surface area contributed by atoms with Crippen LogP contribution in [0.15, 0.2) is 49.3 Å². The van der Waals surface area contributed by atoms with Crippen LogP contribution in [0.25, 0.3) is 11.4 Å². The van der Waals surface area contributed by atoms with Crippen molar-refractivity contribution >= 4 is 27.3 Å². The molecule has 1 aliphatic rings. The molecule has 0 aromatic carbocycles. The Bertz CT molecular complexity index is 1570. The van der Waals surface area contributed by atoms with E-state index in [1.807, 2.05) is 33.2 Å². The van der Waals surface area contributed by atoms with Gasteiger partial charge in [0.15, 0.2) is 5.82 Å². The number of hydrogen-bond acceptors (Lipinski definition) is 9. The summed E-state index contributed by atoms with van der Waals surface area (Å²) < 4.78 is 27.6. The van der Waals surface area contributed by atoms with E-state index in [0.29, 0.717) is 35.9 Å². The minimum atomic E-state index is -3.45. The lowest BCUT2D eigenvalue weighted by Gasteiger charge is -2.14. The van der Waals surface area contributed by atoms with E-state index in [9.17, 15) is 8.42 Å². The van der Waals surface area contributed by atoms with E-state index >= 15 is 0 Å². The Kier molecular flexibility index (Phi) is 6.15. The quantitative estimate of drug-likeness (QED) is 0.365. The zero-order valence-electron chi connectivity index (χ0n) is 20.0. The number of anilines is 3. The first-order chi connectivity index (χ1) is 17.3. The maximum absolute atomic E-state index is 12.4. The first kappa shape index (κ1) is 23.5. The van der Waals surface area contributed by atoms with Gasteiger partial charge in [-0.25, -0.2) is 23.4 Å². The van der Waals surface area contributed by atoms with Crippen LogP contribution in [0.5, 0.6) is 0 Å². The Balaban J connectivity index is 1.38. The number of aromatic nitrogens is 7. The molecule has 0 atom stereocenters. The molecule has 0 aliphatic heterocycles. The van der Waals surface area contributed by atoms with Gasteiger partial charge in [0.2, 0.25) is 0 Å². The summed E-state index contributed by atoms with van der Waals surface area (Å²) in [5.74, 6) is 7.70. The van der Waals surface area contributed by atoms with Crippen LogP contribution in [-0.2, 0) is 17.1 Å². The van der Waals surface area contributed by atoms with Crippen molar-refractivity contribution < 1.29 is 8.42 Å². The number of pyridine rings is 1. The van der Waals surface area contributed by atoms with Crippen molar-refractivity contribution in [1.29, 1.82) is 0 Å². The zero-order chi connectivity index (χ0) is 25.3. The van der Waals surface area contributed by atoms with Gasteiger partial charge in [-0.15, -0.1) is 0 Å². The van der Waals surface area contributed by atoms with E-state index in [2.05, 4.69) is 47.6 Å². The lowest BCUT2D eigenvalue weighted by Crippen LogP contribution is -2.17. The van der Waals surface area contributed by atoms with Gasteiger partial charge in [0.1, 0.15) is 11.6 Å². The highest BCUT2D eigenvalue weighted by molar-refractivity contribution is 7.90. The first-order valence-electron chi connectivity index (χ1n) is 11.4. The summed E-state index contributed by atoms with van der Waals surface area (Å²) in [6, 6.07) is 3.77. The molecule has 0 saturated heterocycles. The van der Waals surface area contributed by atoms with Gasteiger partial charge in [-0.3, -0.25) is 4.68 Å². The largest absolute Gasteiger partial charge is 0.382 e. The smallest absolute Gasteiger partial charge is 0.256 e. The summed E-state index contributed by atoms with van der Waals surface area (Å²) >= 11 is 0. The van der Waals surface area contributed by atoms with Crippen LogP contribution >= 0.6 is 0 Å². The summed E-state index contributed by atoms with van der Waals surface area (Å²) in [6.07, 6.45) is 11.1. The Morgan fingerprint density at radius 2 is 1.89 bits per heavy atom. The Hall–Kier alpha value is -4.24. The fraction of sp³-hybridized carbons (Fsp3) is 0.292. The summed E-state index contributed by atoms with van der Waals surface area (Å²) in [7, 11) is -1.60. The van der Waals surface area contributed by atoms with Gasteiger partial charge in [0.05, 0.1) is 46.2 Å². The fourth-order valence-corrected chi connectivity index (χ4v) is 4.93. The van der Waals surface area contributed by atoms with Gasteiger partial charge in [-0.05, 0) is 32.8 Å². The third-order valence-corrected chi connectivity index (χ3v) is 7.37. The number of hydrogen-bond donors (Lipinski definition) is 2. The Labute approximate surface area is 209 Å². The van der Waals surface area contributed by atoms with Crippen LogP contribution in [0.2, 0.25) is 0 Å². The van der Waals surface area contributed by atoms with Crippen LogP contribution < -0.4 is 10.6 Å². The van der Waals surface area contributed by atoms with Crippen molar-refractivity contribution in [2.24, 2.45) is 7.05 Å². The maximum Gasteiger partial charge on any atom is 0.256 e. The van der Waals surface area contributed by atoms with Gasteiger partial charge in [-0.2, -0.15) is 14.3 Å². The van der Waals surface area contributed by atoms with Gasteiger partial charge in [0.25, 0.3) is 10.0 Å². The third-order valence-electron chi connectivity index (χ3n) is 5.33. The average Bonchev–Trinajstić information content (AvgIpc) is 3.44. The molecule has 4 aromatic heterocycles. The number of nitrogens with zero attached hydrogens (tertiary/aromatic N) is 7. The molecule has 4 aromatic rings. The SMILES string of the molecule is CC(C)Nc1cc(Nc2ccnc(-c3cnn(S(=O)(=O)C4CC4)c3)n2)ncc1C#Cc1cnn(C)c1. The molecule has 0 radical (unpaired) electrons. The van der Waals surface area contributed by atoms with Crippen molar-refractivity contribution in [3.63, 3.8) is 0 Å². The molecule has 0 bridgehead atoms. The number of nitrogens with one attached hydrogen (secondary N) is 2. The standard InChI is InChI=1S/C24H25N9O2S/c1-16(2)29-21-10-23(26-12-18(21)5-4-17-11-27-32(3)14-17)30-22-8-9-25-24(31-22)19-13-28-33(15-19)36(34,35)20-6-7-20/h8-16,20H,6-7H2,1-3H3,(H2,25,26,29,30,31). The highest BCUT2D eigenvalue weighted by atomic mass is 32.2. The molecule has 2 N–H and O–H groups in total. The summed E-state index contributed by atoms with van der Waals surface area (Å²) in [5.41, 5.74) is 2.92. The van der Waals surface area contributed by atoms with Gasteiger partial charge in [0, 0.05) is 37.7 Å². The molecule has 11 nitrogen and oxygen atoms in total. The zero-order valence-corrected chi connectivity index (χ0v) is 20.9. The second kappa shape index (κ2) is 9.43. The highest BCUT2D eigenvalue weighted by Crippen LogP contribution is 2.30. The Morgan fingerprint density at radius 3 is 2.61 bits per heavy atom. The lowest BCUT2D eigenvalue weighted by atomic mass is 10.2. The van der Waals surface area contributed by atoms with Crippen LogP contribution in [0, 0.1) is 11.8 Å². The molecule has 184 valence electrons. The van der Waals surface area contributed by atoms with Gasteiger partial charge >= 0.3 is 0 Å². The van der Waals surface area contributed by atoms with Crippen molar-refractivity contribution in [3.05, 3.63) is 60.4 Å². The molecule has 1 aliphatic carbocycles. The molecule has 5 rings (SSSR count). The normalized spacial score (nSPS) is 13.3. The van der Waals surface area contributed by atoms with Crippen LogP contribution in [0.3, 0.4) is 0 Å². The number of rotatable bonds is 7. The third kappa shape index (κ3) is 5.21. The molecule has 0 amide bonds. The molecule has 4 heterocycles. The van der Waals surface area contributed by atoms with E-state index in [-0.39, 0.29) is 11.3 Å². The second-order valence-corrected chi connectivity index (χ2v) is 10.9. The monoisotopic (exact) mass is 503 g/mol. The molecule has 36 heavy (non-hydrogen) atoms. The topological polar surface area (TPSA) is 133 Å². The minimum Gasteiger partial charge on any atom is -0.382 e. The second-order valence-electron chi connectivity index (χ2n) is 8.80. The van der Waals surface area contributed by atoms with E-state index in [1.54, 1.807) is 29.3 Å². The van der Waals surface area contributed by atoms with E-state index < -0.39 is 10.0 Å². The van der Waals surface area contributed by atoms with Gasteiger partial charge in [-0.1, -0.05) is 11.8 Å². The molecule has 1 saturated carbocycles. The number of aryl methyl sites for hydroxylation is 1. The predicted molar refractivity (Wildman–Crippen MR) is 136 cm³/mol. The highest BCUT2D eigenvalue weighted by Gasteiger charge is 2.37. The van der Waals surface area contributed by atoms with E-state index in [4.69, 9.17) is 0 Å². The van der Waals surface area contributed by atoms with E-state index in [0.717, 1.165) is 20.9 Å². The van der Waals surface area contributed by atoms with Crippen molar-refractivity contribution in [3.8, 4) is 23.2 Å². The first-order valence-corrected chi connectivity index (χ1v) is 12.9. The minimum absolute atomic E-state index is 0.188. The molecule has 0 spiro atoms. The molecular weight excluding hydrogens is 478 g/mol. The van der Waals surface area contributed by atoms with Gasteiger partial charge < -0.3 is 10.6 Å². The van der Waals surface area contributed by atoms with Crippen molar-refractivity contribution in [2.75, 3.05) is 10.6 Å². The van der Waals surface area contributed by atoms with Crippen LogP contribution in [0.1, 0.15) is 37.8 Å². The maximum atomic E-state index is 12.4. The molecule has 0 unspecified atom stereocenters. The van der Waals surface area contributed by atoms with Crippen molar-refractivity contribution in [1.82, 2.24) is 33.9 Å². The summed E-state index contributed by atoms with van der Waals surface area (Å²) in [4.78, 5) is 13.3. The van der Waals surface area contributed by atoms with Crippen LogP contribution in [0.4, 0.5) is 17.3 Å². The average molecular weight is 504 g/mol. The van der Waals surface area contributed by atoms with Crippen LogP contribution in [-0.4, -0.2) is 53.6 Å². The Morgan fingerprint density at radius 1 is 1.06 bits per heavy atom. The van der Waals surface area contributed by atoms with E-state index in [1.165, 1.54) is 12.4 Å². The predicted octanol–water partition coefficient (Wildman–Crippen LogP) is 2.77.